The first kappa shape index (κ1) is 13.1. The van der Waals surface area contributed by atoms with Gasteiger partial charge in [-0.2, -0.15) is 0 Å². The van der Waals surface area contributed by atoms with Crippen molar-refractivity contribution < 1.29 is 9.90 Å². The second-order valence-corrected chi connectivity index (χ2v) is 4.57. The number of carbonyl (C=O) groups is 1. The Kier molecular flexibility index (Phi) is 3.85. The van der Waals surface area contributed by atoms with Crippen molar-refractivity contribution in [3.8, 4) is 0 Å². The van der Waals surface area contributed by atoms with Crippen LogP contribution in [0.3, 0.4) is 0 Å². The summed E-state index contributed by atoms with van der Waals surface area (Å²) in [5.41, 5.74) is 3.82. The molecule has 0 bridgehead atoms. The molecule has 3 heteroatoms. The Bertz CT molecular complexity index is 579. The van der Waals surface area contributed by atoms with Crippen LogP contribution in [0.1, 0.15) is 22.7 Å². The third kappa shape index (κ3) is 2.94. The Hall–Kier alpha value is -2.29. The molecule has 0 saturated heterocycles. The van der Waals surface area contributed by atoms with Crippen molar-refractivity contribution in [2.75, 3.05) is 5.32 Å². The fourth-order valence-electron chi connectivity index (χ4n) is 2.00. The second-order valence-electron chi connectivity index (χ2n) is 4.57. The van der Waals surface area contributed by atoms with Crippen molar-refractivity contribution in [2.24, 2.45) is 0 Å². The molecule has 3 nitrogen and oxygen atoms in total. The molecule has 2 rings (SSSR count). The highest BCUT2D eigenvalue weighted by atomic mass is 16.4. The molecule has 0 spiro atoms. The van der Waals surface area contributed by atoms with Gasteiger partial charge in [-0.15, -0.1) is 0 Å². The Balaban J connectivity index is 2.32. The predicted molar refractivity (Wildman–Crippen MR) is 76.4 cm³/mol. The number of carboxylic acid groups (broad SMARTS) is 1. The number of benzene rings is 2. The van der Waals surface area contributed by atoms with E-state index in [0.29, 0.717) is 0 Å². The number of aryl methyl sites for hydroxylation is 1. The van der Waals surface area contributed by atoms with Gasteiger partial charge in [0.25, 0.3) is 0 Å². The molecule has 0 heterocycles. The van der Waals surface area contributed by atoms with Crippen LogP contribution in [-0.4, -0.2) is 11.1 Å². The third-order valence-electron chi connectivity index (χ3n) is 3.28. The number of aliphatic carboxylic acids is 1. The van der Waals surface area contributed by atoms with Crippen LogP contribution in [0, 0.1) is 13.8 Å². The highest BCUT2D eigenvalue weighted by molar-refractivity contribution is 5.79. The largest absolute Gasteiger partial charge is 0.479 e. The van der Waals surface area contributed by atoms with Gasteiger partial charge in [-0.1, -0.05) is 42.5 Å². The van der Waals surface area contributed by atoms with Crippen molar-refractivity contribution in [2.45, 2.75) is 19.9 Å². The zero-order chi connectivity index (χ0) is 13.8. The Morgan fingerprint density at radius 3 is 2.37 bits per heavy atom. The number of rotatable bonds is 4. The Morgan fingerprint density at radius 2 is 1.74 bits per heavy atom. The highest BCUT2D eigenvalue weighted by Gasteiger charge is 2.19. The Labute approximate surface area is 112 Å². The molecule has 0 aliphatic heterocycles. The molecular weight excluding hydrogens is 238 g/mol. The quantitative estimate of drug-likeness (QED) is 0.878. The van der Waals surface area contributed by atoms with Crippen LogP contribution in [0.5, 0.6) is 0 Å². The molecule has 2 aromatic rings. The number of carboxylic acids is 1. The molecule has 1 atom stereocenters. The summed E-state index contributed by atoms with van der Waals surface area (Å²) in [4.78, 5) is 11.4. The first-order valence-corrected chi connectivity index (χ1v) is 6.20. The molecule has 0 saturated carbocycles. The van der Waals surface area contributed by atoms with Crippen molar-refractivity contribution >= 4 is 11.7 Å². The van der Waals surface area contributed by atoms with E-state index in [9.17, 15) is 9.90 Å². The molecule has 0 amide bonds. The molecule has 0 aromatic heterocycles. The number of hydrogen-bond donors (Lipinski definition) is 2. The fraction of sp³-hybridized carbons (Fsp3) is 0.188. The van der Waals surface area contributed by atoms with Crippen LogP contribution in [0.4, 0.5) is 5.69 Å². The minimum absolute atomic E-state index is 0.735. The molecule has 0 fully saturated rings. The van der Waals surface area contributed by atoms with Crippen LogP contribution in [0.25, 0.3) is 0 Å². The number of anilines is 1. The average molecular weight is 255 g/mol. The summed E-state index contributed by atoms with van der Waals surface area (Å²) in [6.07, 6.45) is 0. The van der Waals surface area contributed by atoms with E-state index in [0.717, 1.165) is 22.4 Å². The number of hydrogen-bond acceptors (Lipinski definition) is 2. The van der Waals surface area contributed by atoms with Gasteiger partial charge in [-0.3, -0.25) is 0 Å². The van der Waals surface area contributed by atoms with Crippen molar-refractivity contribution in [3.63, 3.8) is 0 Å². The lowest BCUT2D eigenvalue weighted by Crippen LogP contribution is -2.21. The molecule has 0 aliphatic rings. The zero-order valence-corrected chi connectivity index (χ0v) is 11.1. The summed E-state index contributed by atoms with van der Waals surface area (Å²) >= 11 is 0. The second kappa shape index (κ2) is 5.57. The van der Waals surface area contributed by atoms with E-state index in [-0.39, 0.29) is 0 Å². The lowest BCUT2D eigenvalue weighted by Gasteiger charge is -2.18. The van der Waals surface area contributed by atoms with Crippen molar-refractivity contribution in [1.82, 2.24) is 0 Å². The lowest BCUT2D eigenvalue weighted by atomic mass is 10.0. The van der Waals surface area contributed by atoms with Crippen LogP contribution < -0.4 is 5.32 Å². The van der Waals surface area contributed by atoms with Gasteiger partial charge in [0, 0.05) is 5.69 Å². The molecule has 2 N–H and O–H groups in total. The van der Waals surface area contributed by atoms with Crippen LogP contribution in [0.2, 0.25) is 0 Å². The standard InChI is InChI=1S/C16H17NO2/c1-11-7-6-10-14(12(11)2)17-15(16(18)19)13-8-4-3-5-9-13/h3-10,15,17H,1-2H3,(H,18,19). The first-order chi connectivity index (χ1) is 9.09. The summed E-state index contributed by atoms with van der Waals surface area (Å²) in [6, 6.07) is 14.3. The lowest BCUT2D eigenvalue weighted by molar-refractivity contribution is -0.138. The molecule has 98 valence electrons. The summed E-state index contributed by atoms with van der Waals surface area (Å²) in [7, 11) is 0. The van der Waals surface area contributed by atoms with E-state index in [4.69, 9.17) is 0 Å². The minimum atomic E-state index is -0.882. The number of nitrogens with one attached hydrogen (secondary N) is 1. The SMILES string of the molecule is Cc1cccc(NC(C(=O)O)c2ccccc2)c1C. The summed E-state index contributed by atoms with van der Waals surface area (Å²) in [6.45, 7) is 4.00. The molecule has 19 heavy (non-hydrogen) atoms. The van der Waals surface area contributed by atoms with Gasteiger partial charge in [0.15, 0.2) is 6.04 Å². The van der Waals surface area contributed by atoms with E-state index in [2.05, 4.69) is 5.32 Å². The van der Waals surface area contributed by atoms with Gasteiger partial charge in [-0.05, 0) is 36.6 Å². The fourth-order valence-corrected chi connectivity index (χ4v) is 2.00. The van der Waals surface area contributed by atoms with Gasteiger partial charge in [-0.25, -0.2) is 4.79 Å². The van der Waals surface area contributed by atoms with E-state index in [1.807, 2.05) is 62.4 Å². The smallest absolute Gasteiger partial charge is 0.330 e. The minimum Gasteiger partial charge on any atom is -0.479 e. The maximum Gasteiger partial charge on any atom is 0.330 e. The summed E-state index contributed by atoms with van der Waals surface area (Å²) in [5, 5.41) is 12.5. The van der Waals surface area contributed by atoms with E-state index in [1.54, 1.807) is 0 Å². The molecule has 0 radical (unpaired) electrons. The van der Waals surface area contributed by atoms with Crippen molar-refractivity contribution in [1.29, 1.82) is 0 Å². The predicted octanol–water partition coefficient (Wildman–Crippen LogP) is 3.54. The Morgan fingerprint density at radius 1 is 1.05 bits per heavy atom. The first-order valence-electron chi connectivity index (χ1n) is 6.20. The van der Waals surface area contributed by atoms with Gasteiger partial charge < -0.3 is 10.4 Å². The third-order valence-corrected chi connectivity index (χ3v) is 3.28. The molecule has 2 aromatic carbocycles. The van der Waals surface area contributed by atoms with Crippen LogP contribution in [0.15, 0.2) is 48.5 Å². The zero-order valence-electron chi connectivity index (χ0n) is 11.1. The van der Waals surface area contributed by atoms with Crippen molar-refractivity contribution in [3.05, 3.63) is 65.2 Å². The maximum atomic E-state index is 11.4. The van der Waals surface area contributed by atoms with Gasteiger partial charge >= 0.3 is 5.97 Å². The average Bonchev–Trinajstić information content (AvgIpc) is 2.41. The summed E-state index contributed by atoms with van der Waals surface area (Å²) < 4.78 is 0. The topological polar surface area (TPSA) is 49.3 Å². The highest BCUT2D eigenvalue weighted by Crippen LogP contribution is 2.24. The molecule has 1 unspecified atom stereocenters. The van der Waals surface area contributed by atoms with Gasteiger partial charge in [0.1, 0.15) is 0 Å². The normalized spacial score (nSPS) is 11.9. The molecular formula is C16H17NO2. The summed E-state index contributed by atoms with van der Waals surface area (Å²) in [5.74, 6) is -0.882. The van der Waals surface area contributed by atoms with E-state index >= 15 is 0 Å². The van der Waals surface area contributed by atoms with E-state index in [1.165, 1.54) is 0 Å². The van der Waals surface area contributed by atoms with Crippen LogP contribution >= 0.6 is 0 Å². The maximum absolute atomic E-state index is 11.4. The van der Waals surface area contributed by atoms with Crippen LogP contribution in [-0.2, 0) is 4.79 Å². The van der Waals surface area contributed by atoms with Gasteiger partial charge in [0.05, 0.1) is 0 Å². The monoisotopic (exact) mass is 255 g/mol. The van der Waals surface area contributed by atoms with E-state index < -0.39 is 12.0 Å². The van der Waals surface area contributed by atoms with Gasteiger partial charge in [0.2, 0.25) is 0 Å². The molecule has 0 aliphatic carbocycles.